The van der Waals surface area contributed by atoms with Crippen molar-refractivity contribution in [2.45, 2.75) is 31.2 Å². The predicted octanol–water partition coefficient (Wildman–Crippen LogP) is 2.52. The third-order valence-electron chi connectivity index (χ3n) is 3.68. The van der Waals surface area contributed by atoms with E-state index in [9.17, 15) is 4.79 Å². The summed E-state index contributed by atoms with van der Waals surface area (Å²) in [6, 6.07) is 7.81. The first-order valence-corrected chi connectivity index (χ1v) is 6.71. The number of carbonyl (C=O) groups excluding carboxylic acids is 1. The average molecular weight is 300 g/mol. The second-order valence-electron chi connectivity index (χ2n) is 4.83. The number of hydrogen-bond acceptors (Lipinski definition) is 4. The van der Waals surface area contributed by atoms with Crippen LogP contribution in [0.5, 0.6) is 5.75 Å². The first-order chi connectivity index (χ1) is 9.26. The molecule has 1 aromatic carbocycles. The van der Waals surface area contributed by atoms with Crippen molar-refractivity contribution < 1.29 is 14.3 Å². The number of piperidine rings is 1. The molecule has 2 unspecified atom stereocenters. The van der Waals surface area contributed by atoms with Gasteiger partial charge in [-0.3, -0.25) is 4.79 Å². The van der Waals surface area contributed by atoms with E-state index in [0.717, 1.165) is 30.7 Å². The van der Waals surface area contributed by atoms with Crippen LogP contribution in [0.25, 0.3) is 0 Å². The molecule has 1 saturated heterocycles. The highest BCUT2D eigenvalue weighted by Crippen LogP contribution is 2.28. The summed E-state index contributed by atoms with van der Waals surface area (Å²) in [6.45, 7) is 0.967. The van der Waals surface area contributed by atoms with Crippen LogP contribution >= 0.6 is 12.4 Å². The first-order valence-electron chi connectivity index (χ1n) is 6.71. The lowest BCUT2D eigenvalue weighted by Gasteiger charge is -2.30. The van der Waals surface area contributed by atoms with E-state index < -0.39 is 0 Å². The molecule has 0 radical (unpaired) electrons. The molecule has 2 rings (SSSR count). The van der Waals surface area contributed by atoms with Gasteiger partial charge in [0, 0.05) is 6.04 Å². The summed E-state index contributed by atoms with van der Waals surface area (Å²) in [5.74, 6) is 0.379. The largest absolute Gasteiger partial charge is 0.497 e. The number of benzene rings is 1. The molecule has 0 bridgehead atoms. The third kappa shape index (κ3) is 3.87. The van der Waals surface area contributed by atoms with Crippen molar-refractivity contribution in [3.05, 3.63) is 29.8 Å². The Kier molecular flexibility index (Phi) is 6.82. The van der Waals surface area contributed by atoms with E-state index in [2.05, 4.69) is 5.32 Å². The Morgan fingerprint density at radius 3 is 2.45 bits per heavy atom. The van der Waals surface area contributed by atoms with Crippen molar-refractivity contribution in [3.63, 3.8) is 0 Å². The third-order valence-corrected chi connectivity index (χ3v) is 3.68. The zero-order valence-corrected chi connectivity index (χ0v) is 12.7. The normalized spacial score (nSPS) is 19.6. The minimum atomic E-state index is -0.240. The van der Waals surface area contributed by atoms with Gasteiger partial charge in [-0.1, -0.05) is 18.6 Å². The molecule has 1 fully saturated rings. The number of rotatable bonds is 4. The Labute approximate surface area is 126 Å². The predicted molar refractivity (Wildman–Crippen MR) is 80.6 cm³/mol. The van der Waals surface area contributed by atoms with Gasteiger partial charge in [0.15, 0.2) is 0 Å². The van der Waals surface area contributed by atoms with Gasteiger partial charge in [0.1, 0.15) is 5.75 Å². The van der Waals surface area contributed by atoms with Crippen LogP contribution < -0.4 is 10.1 Å². The molecule has 0 saturated carbocycles. The van der Waals surface area contributed by atoms with Crippen molar-refractivity contribution in [3.8, 4) is 5.75 Å². The maximum atomic E-state index is 12.1. The van der Waals surface area contributed by atoms with E-state index in [1.807, 2.05) is 24.3 Å². The summed E-state index contributed by atoms with van der Waals surface area (Å²) >= 11 is 0. The summed E-state index contributed by atoms with van der Waals surface area (Å²) in [5.41, 5.74) is 0.979. The van der Waals surface area contributed by atoms with E-state index in [-0.39, 0.29) is 30.3 Å². The average Bonchev–Trinajstić information content (AvgIpc) is 2.49. The van der Waals surface area contributed by atoms with Gasteiger partial charge in [0.2, 0.25) is 0 Å². The number of carbonyl (C=O) groups is 1. The fraction of sp³-hybridized carbons (Fsp3) is 0.533. The van der Waals surface area contributed by atoms with Crippen molar-refractivity contribution >= 4 is 18.4 Å². The van der Waals surface area contributed by atoms with Crippen LogP contribution in [-0.4, -0.2) is 32.8 Å². The monoisotopic (exact) mass is 299 g/mol. The molecular formula is C15H22ClNO3. The Bertz CT molecular complexity index is 416. The van der Waals surface area contributed by atoms with Gasteiger partial charge in [-0.15, -0.1) is 12.4 Å². The van der Waals surface area contributed by atoms with Crippen LogP contribution in [0.3, 0.4) is 0 Å². The van der Waals surface area contributed by atoms with Gasteiger partial charge in [-0.2, -0.15) is 0 Å². The van der Waals surface area contributed by atoms with Gasteiger partial charge in [-0.05, 0) is 37.1 Å². The number of hydrogen-bond donors (Lipinski definition) is 1. The molecule has 2 atom stereocenters. The molecule has 0 spiro atoms. The molecule has 4 nitrogen and oxygen atoms in total. The minimum absolute atomic E-state index is 0. The molecule has 0 aromatic heterocycles. The van der Waals surface area contributed by atoms with Crippen LogP contribution in [0.4, 0.5) is 0 Å². The maximum absolute atomic E-state index is 12.1. The minimum Gasteiger partial charge on any atom is -0.497 e. The zero-order valence-electron chi connectivity index (χ0n) is 11.9. The number of halogens is 1. The van der Waals surface area contributed by atoms with Crippen molar-refractivity contribution in [2.75, 3.05) is 20.8 Å². The van der Waals surface area contributed by atoms with Crippen LogP contribution in [0.2, 0.25) is 0 Å². The number of esters is 1. The molecule has 0 aliphatic carbocycles. The zero-order chi connectivity index (χ0) is 13.7. The molecule has 1 aliphatic rings. The first kappa shape index (κ1) is 16.8. The lowest BCUT2D eigenvalue weighted by atomic mass is 9.86. The van der Waals surface area contributed by atoms with Gasteiger partial charge < -0.3 is 14.8 Å². The number of ether oxygens (including phenoxy) is 2. The van der Waals surface area contributed by atoms with Gasteiger partial charge in [0.25, 0.3) is 0 Å². The SMILES string of the molecule is COC(=O)C(c1ccc(OC)cc1)C1CCCCN1.Cl. The molecule has 0 amide bonds. The maximum Gasteiger partial charge on any atom is 0.314 e. The van der Waals surface area contributed by atoms with Gasteiger partial charge >= 0.3 is 5.97 Å². The fourth-order valence-electron chi connectivity index (χ4n) is 2.63. The van der Waals surface area contributed by atoms with Crippen molar-refractivity contribution in [1.82, 2.24) is 5.32 Å². The second kappa shape index (κ2) is 8.12. The van der Waals surface area contributed by atoms with E-state index in [1.165, 1.54) is 13.5 Å². The Morgan fingerprint density at radius 2 is 1.95 bits per heavy atom. The van der Waals surface area contributed by atoms with E-state index in [0.29, 0.717) is 0 Å². The highest BCUT2D eigenvalue weighted by molar-refractivity contribution is 5.85. The topological polar surface area (TPSA) is 47.6 Å². The Hall–Kier alpha value is -1.26. The smallest absolute Gasteiger partial charge is 0.314 e. The molecular weight excluding hydrogens is 278 g/mol. The fourth-order valence-corrected chi connectivity index (χ4v) is 2.63. The van der Waals surface area contributed by atoms with E-state index >= 15 is 0 Å². The van der Waals surface area contributed by atoms with E-state index in [4.69, 9.17) is 9.47 Å². The molecule has 1 aromatic rings. The highest BCUT2D eigenvalue weighted by atomic mass is 35.5. The van der Waals surface area contributed by atoms with Crippen molar-refractivity contribution in [1.29, 1.82) is 0 Å². The van der Waals surface area contributed by atoms with E-state index in [1.54, 1.807) is 7.11 Å². The number of nitrogens with one attached hydrogen (secondary N) is 1. The van der Waals surface area contributed by atoms with Crippen LogP contribution in [0, 0.1) is 0 Å². The second-order valence-corrected chi connectivity index (χ2v) is 4.83. The molecule has 112 valence electrons. The van der Waals surface area contributed by atoms with Gasteiger partial charge in [-0.25, -0.2) is 0 Å². The summed E-state index contributed by atoms with van der Waals surface area (Å²) in [7, 11) is 3.08. The van der Waals surface area contributed by atoms with Crippen LogP contribution in [0.1, 0.15) is 30.7 Å². The Morgan fingerprint density at radius 1 is 1.25 bits per heavy atom. The lowest BCUT2D eigenvalue weighted by Crippen LogP contribution is -2.42. The van der Waals surface area contributed by atoms with Gasteiger partial charge in [0.05, 0.1) is 20.1 Å². The molecule has 1 heterocycles. The molecule has 20 heavy (non-hydrogen) atoms. The summed E-state index contributed by atoms with van der Waals surface area (Å²) < 4.78 is 10.1. The summed E-state index contributed by atoms with van der Waals surface area (Å²) in [6.07, 6.45) is 3.33. The standard InChI is InChI=1S/C15H21NO3.ClH/c1-18-12-8-6-11(7-9-12)14(15(17)19-2)13-5-3-4-10-16-13;/h6-9,13-14,16H,3-5,10H2,1-2H3;1H. The molecule has 1 N–H and O–H groups in total. The Balaban J connectivity index is 0.00000200. The van der Waals surface area contributed by atoms with Crippen LogP contribution in [-0.2, 0) is 9.53 Å². The van der Waals surface area contributed by atoms with Crippen LogP contribution in [0.15, 0.2) is 24.3 Å². The summed E-state index contributed by atoms with van der Waals surface area (Å²) in [4.78, 5) is 12.1. The van der Waals surface area contributed by atoms with Crippen molar-refractivity contribution in [2.24, 2.45) is 0 Å². The number of methoxy groups -OCH3 is 2. The molecule has 1 aliphatic heterocycles. The highest BCUT2D eigenvalue weighted by Gasteiger charge is 2.31. The summed E-state index contributed by atoms with van der Waals surface area (Å²) in [5, 5.41) is 3.43. The quantitative estimate of drug-likeness (QED) is 0.868. The lowest BCUT2D eigenvalue weighted by molar-refractivity contribution is -0.143. The molecule has 5 heteroatoms.